The van der Waals surface area contributed by atoms with Gasteiger partial charge in [0.2, 0.25) is 0 Å². The molecule has 0 saturated heterocycles. The third kappa shape index (κ3) is 244. The third-order valence-electron chi connectivity index (χ3n) is 0.644. The van der Waals surface area contributed by atoms with Crippen molar-refractivity contribution in [3.05, 3.63) is 0 Å². The molecule has 0 aliphatic heterocycles. The highest BCUT2D eigenvalue weighted by Crippen LogP contribution is 1.77. The van der Waals surface area contributed by atoms with E-state index in [2.05, 4.69) is 6.92 Å². The van der Waals surface area contributed by atoms with Gasteiger partial charge in [0.05, 0.1) is 0 Å². The van der Waals surface area contributed by atoms with Crippen molar-refractivity contribution in [2.75, 3.05) is 0 Å². The number of nitrogens with two attached hydrogens (primary N) is 1. The molecule has 0 aromatic rings. The van der Waals surface area contributed by atoms with E-state index in [1.54, 1.807) is 0 Å². The molecule has 1 unspecified atom stereocenters. The Labute approximate surface area is 73.1 Å². The fraction of sp³-hybridized carbons (Fsp3) is 1.00. The molecule has 0 rings (SSSR count). The topological polar surface area (TPSA) is 179 Å². The summed E-state index contributed by atoms with van der Waals surface area (Å²) in [7, 11) is -5.17. The van der Waals surface area contributed by atoms with E-state index in [0.29, 0.717) is 6.04 Å². The van der Waals surface area contributed by atoms with Crippen LogP contribution < -0.4 is 18.0 Å². The predicted octanol–water partition coefficient (Wildman–Crippen LogP) is 0.158. The normalized spacial score (nSPS) is 11.1. The Morgan fingerprint density at radius 3 is 1.42 bits per heavy atom. The lowest BCUT2D eigenvalue weighted by molar-refractivity contribution is 0.352. The molecule has 0 aromatic heterocycles. The SMILES string of the molecule is CCC(C)N.O=S(=O)([O-])[O-].[NH4+].[NH4+]. The molecule has 1 atom stereocenters. The highest BCUT2D eigenvalue weighted by atomic mass is 32.3. The Morgan fingerprint density at radius 1 is 1.33 bits per heavy atom. The Balaban J connectivity index is -0.0000000457. The summed E-state index contributed by atoms with van der Waals surface area (Å²) in [6.07, 6.45) is 1.08. The molecule has 10 N–H and O–H groups in total. The van der Waals surface area contributed by atoms with Crippen LogP contribution in [0.25, 0.3) is 0 Å². The molecule has 0 bridgehead atoms. The standard InChI is InChI=1S/C4H11N.2H3N.H2O4S/c1-3-4(2)5;;;1-5(2,3)4/h4H,3,5H2,1-2H3;2*1H3;(H2,1,2,3,4). The van der Waals surface area contributed by atoms with Gasteiger partial charge in [-0.25, -0.2) is 0 Å². The highest BCUT2D eigenvalue weighted by Gasteiger charge is 1.79. The van der Waals surface area contributed by atoms with Gasteiger partial charge in [-0.2, -0.15) is 0 Å². The summed E-state index contributed by atoms with van der Waals surface area (Å²) in [5.74, 6) is 0. The van der Waals surface area contributed by atoms with Crippen LogP contribution in [0.4, 0.5) is 0 Å². The van der Waals surface area contributed by atoms with Crippen molar-refractivity contribution in [3.8, 4) is 0 Å². The van der Waals surface area contributed by atoms with Crippen LogP contribution in [0.3, 0.4) is 0 Å². The summed E-state index contributed by atoms with van der Waals surface area (Å²) in [5, 5.41) is 0. The van der Waals surface area contributed by atoms with Gasteiger partial charge in [-0.15, -0.1) is 0 Å². The predicted molar refractivity (Wildman–Crippen MR) is 46.4 cm³/mol. The van der Waals surface area contributed by atoms with Gasteiger partial charge in [-0.1, -0.05) is 6.92 Å². The smallest absolute Gasteiger partial charge is 0.0311 e. The minimum absolute atomic E-state index is 0. The maximum atomic E-state index is 8.52. The monoisotopic (exact) mass is 205 g/mol. The van der Waals surface area contributed by atoms with Gasteiger partial charge in [-0.05, 0) is 13.3 Å². The van der Waals surface area contributed by atoms with Crippen LogP contribution >= 0.6 is 0 Å². The Morgan fingerprint density at radius 2 is 1.42 bits per heavy atom. The quantitative estimate of drug-likeness (QED) is 0.406. The molecule has 0 aliphatic rings. The molecule has 0 saturated carbocycles. The van der Waals surface area contributed by atoms with Crippen molar-refractivity contribution < 1.29 is 17.5 Å². The molecule has 8 heteroatoms. The molecule has 12 heavy (non-hydrogen) atoms. The van der Waals surface area contributed by atoms with Crippen molar-refractivity contribution in [3.63, 3.8) is 0 Å². The molecule has 0 fully saturated rings. The second-order valence-corrected chi connectivity index (χ2v) is 2.61. The number of quaternary nitrogens is 2. The van der Waals surface area contributed by atoms with Crippen LogP contribution in [0.15, 0.2) is 0 Å². The van der Waals surface area contributed by atoms with Crippen LogP contribution in [0, 0.1) is 0 Å². The van der Waals surface area contributed by atoms with E-state index in [1.807, 2.05) is 6.92 Å². The summed E-state index contributed by atoms with van der Waals surface area (Å²) in [4.78, 5) is 0. The maximum Gasteiger partial charge on any atom is 0.0311 e. The van der Waals surface area contributed by atoms with Gasteiger partial charge >= 0.3 is 0 Å². The maximum absolute atomic E-state index is 8.52. The van der Waals surface area contributed by atoms with Crippen molar-refractivity contribution >= 4 is 10.4 Å². The molecular formula is C4H19N3O4S. The van der Waals surface area contributed by atoms with E-state index in [1.165, 1.54) is 0 Å². The molecule has 0 radical (unpaired) electrons. The van der Waals surface area contributed by atoms with Gasteiger partial charge in [0.25, 0.3) is 0 Å². The van der Waals surface area contributed by atoms with Crippen LogP contribution in [-0.2, 0) is 10.4 Å². The molecule has 0 heterocycles. The van der Waals surface area contributed by atoms with Gasteiger partial charge in [0.15, 0.2) is 0 Å². The van der Waals surface area contributed by atoms with Gasteiger partial charge < -0.3 is 27.1 Å². The van der Waals surface area contributed by atoms with Gasteiger partial charge in [-0.3, -0.25) is 8.42 Å². The Kier molecular flexibility index (Phi) is 20.3. The molecule has 80 valence electrons. The first-order valence-corrected chi connectivity index (χ1v) is 4.03. The lowest BCUT2D eigenvalue weighted by Crippen LogP contribution is -2.11. The summed E-state index contributed by atoms with van der Waals surface area (Å²) >= 11 is 0. The van der Waals surface area contributed by atoms with Gasteiger partial charge in [0, 0.05) is 16.4 Å². The zero-order chi connectivity index (χ0) is 8.78. The number of rotatable bonds is 1. The molecular weight excluding hydrogens is 186 g/mol. The van der Waals surface area contributed by atoms with Crippen molar-refractivity contribution in [2.45, 2.75) is 26.3 Å². The first-order chi connectivity index (χ1) is 4.27. The van der Waals surface area contributed by atoms with E-state index in [9.17, 15) is 0 Å². The third-order valence-corrected chi connectivity index (χ3v) is 0.644. The minimum atomic E-state index is -5.17. The first kappa shape index (κ1) is 22.6. The lowest BCUT2D eigenvalue weighted by atomic mass is 10.3. The molecule has 7 nitrogen and oxygen atoms in total. The van der Waals surface area contributed by atoms with E-state index in [0.717, 1.165) is 6.42 Å². The van der Waals surface area contributed by atoms with E-state index < -0.39 is 10.4 Å². The zero-order valence-electron chi connectivity index (χ0n) is 7.90. The largest absolute Gasteiger partial charge is 0.759 e. The number of hydrogen-bond donors (Lipinski definition) is 3. The second-order valence-electron chi connectivity index (χ2n) is 1.79. The fourth-order valence-electron chi connectivity index (χ4n) is 0. The van der Waals surface area contributed by atoms with Gasteiger partial charge in [0.1, 0.15) is 0 Å². The van der Waals surface area contributed by atoms with Crippen LogP contribution in [0.5, 0.6) is 0 Å². The second kappa shape index (κ2) is 10.8. The number of hydrogen-bond acceptors (Lipinski definition) is 5. The lowest BCUT2D eigenvalue weighted by Gasteiger charge is -2.06. The van der Waals surface area contributed by atoms with Crippen LogP contribution in [0.1, 0.15) is 20.3 Å². The summed E-state index contributed by atoms with van der Waals surface area (Å²) in [5.41, 5.74) is 5.29. The van der Waals surface area contributed by atoms with E-state index in [4.69, 9.17) is 23.3 Å². The average molecular weight is 205 g/mol. The molecule has 0 spiro atoms. The van der Waals surface area contributed by atoms with E-state index >= 15 is 0 Å². The van der Waals surface area contributed by atoms with Crippen LogP contribution in [-0.4, -0.2) is 23.6 Å². The summed E-state index contributed by atoms with van der Waals surface area (Å²) in [6, 6.07) is 0.384. The summed E-state index contributed by atoms with van der Waals surface area (Å²) in [6.45, 7) is 4.07. The van der Waals surface area contributed by atoms with Crippen molar-refractivity contribution in [1.82, 2.24) is 12.3 Å². The Bertz CT molecular complexity index is 148. The van der Waals surface area contributed by atoms with Crippen molar-refractivity contribution in [1.29, 1.82) is 0 Å². The fourth-order valence-corrected chi connectivity index (χ4v) is 0. The Hall–Kier alpha value is -0.250. The molecule has 0 amide bonds. The molecule has 0 aliphatic carbocycles. The van der Waals surface area contributed by atoms with Crippen molar-refractivity contribution in [2.24, 2.45) is 5.73 Å². The molecule has 0 aromatic carbocycles. The van der Waals surface area contributed by atoms with E-state index in [-0.39, 0.29) is 12.3 Å². The summed E-state index contributed by atoms with van der Waals surface area (Å²) < 4.78 is 34.1. The average Bonchev–Trinajstić information content (AvgIpc) is 1.61. The first-order valence-electron chi connectivity index (χ1n) is 2.69. The minimum Gasteiger partial charge on any atom is -0.759 e. The zero-order valence-corrected chi connectivity index (χ0v) is 8.72. The highest BCUT2D eigenvalue weighted by molar-refractivity contribution is 7.79. The van der Waals surface area contributed by atoms with Crippen LogP contribution in [0.2, 0.25) is 0 Å².